The minimum absolute atomic E-state index is 0.0554. The van der Waals surface area contributed by atoms with E-state index in [-0.39, 0.29) is 12.1 Å². The zero-order valence-electron chi connectivity index (χ0n) is 28.0. The molecule has 4 N–H and O–H groups in total. The Kier molecular flexibility index (Phi) is 12.8. The number of anilines is 1. The van der Waals surface area contributed by atoms with Gasteiger partial charge >= 0.3 is 6.09 Å². The first-order valence-electron chi connectivity index (χ1n) is 17.6. The van der Waals surface area contributed by atoms with Gasteiger partial charge in [0.25, 0.3) is 0 Å². The molecule has 2 aromatic heterocycles. The second kappa shape index (κ2) is 17.4. The average Bonchev–Trinajstić information content (AvgIpc) is 3.45. The maximum absolute atomic E-state index is 13.4. The second-order valence-corrected chi connectivity index (χ2v) is 13.3. The molecule has 0 saturated heterocycles. The highest BCUT2D eigenvalue weighted by molar-refractivity contribution is 6.31. The predicted molar refractivity (Wildman–Crippen MR) is 192 cm³/mol. The van der Waals surface area contributed by atoms with Crippen LogP contribution in [0.3, 0.4) is 0 Å². The highest BCUT2D eigenvalue weighted by atomic mass is 35.5. The van der Waals surface area contributed by atoms with E-state index in [0.717, 1.165) is 83.7 Å². The summed E-state index contributed by atoms with van der Waals surface area (Å²) in [7, 11) is 0. The van der Waals surface area contributed by atoms with E-state index < -0.39 is 6.09 Å². The number of fused-ring (bicyclic) bond motifs is 3. The maximum Gasteiger partial charge on any atom is 0.414 e. The highest BCUT2D eigenvalue weighted by Gasteiger charge is 2.22. The topological polar surface area (TPSA) is 108 Å². The van der Waals surface area contributed by atoms with Crippen molar-refractivity contribution < 1.29 is 14.3 Å². The molecule has 0 radical (unpaired) electrons. The van der Waals surface area contributed by atoms with Crippen LogP contribution >= 0.6 is 11.6 Å². The molecule has 8 nitrogen and oxygen atoms in total. The van der Waals surface area contributed by atoms with Gasteiger partial charge in [0.05, 0.1) is 11.2 Å². The Bertz CT molecular complexity index is 1650. The molecule has 2 amide bonds. The summed E-state index contributed by atoms with van der Waals surface area (Å²) in [6, 6.07) is 11.5. The number of hydrogen-bond acceptors (Lipinski definition) is 5. The van der Waals surface area contributed by atoms with E-state index in [1.807, 2.05) is 36.5 Å². The van der Waals surface area contributed by atoms with Gasteiger partial charge in [-0.2, -0.15) is 0 Å². The van der Waals surface area contributed by atoms with Gasteiger partial charge in [-0.15, -0.1) is 0 Å². The van der Waals surface area contributed by atoms with Crippen LogP contribution in [0.4, 0.5) is 10.5 Å². The molecule has 2 heterocycles. The predicted octanol–water partition coefficient (Wildman–Crippen LogP) is 9.37. The number of unbranched alkanes of at least 4 members (excludes halogenated alkanes) is 8. The molecule has 5 rings (SSSR count). The van der Waals surface area contributed by atoms with Gasteiger partial charge in [0.1, 0.15) is 11.9 Å². The number of nitrogens with one attached hydrogen (secondary N) is 4. The van der Waals surface area contributed by atoms with Crippen LogP contribution in [-0.4, -0.2) is 34.7 Å². The summed E-state index contributed by atoms with van der Waals surface area (Å²) in [4.78, 5) is 33.0. The molecule has 1 atom stereocenters. The normalized spacial score (nSPS) is 13.3. The summed E-state index contributed by atoms with van der Waals surface area (Å²) >= 11 is 6.37. The van der Waals surface area contributed by atoms with Gasteiger partial charge in [-0.25, -0.2) is 4.79 Å². The first-order valence-corrected chi connectivity index (χ1v) is 18.0. The number of amides is 2. The number of benzene rings is 2. The SMILES string of the molecule is CCCCCCCCCCCC(NC(=O)Oc1ccc2[nH]cc(CCNC(C)=O)c2c1)Nc1c2c(nc3cc(Cl)ccc13)CCCC2. The number of aryl methyl sites for hydroxylation is 1. The van der Waals surface area contributed by atoms with E-state index in [2.05, 4.69) is 27.9 Å². The van der Waals surface area contributed by atoms with E-state index in [9.17, 15) is 9.59 Å². The minimum Gasteiger partial charge on any atom is -0.410 e. The van der Waals surface area contributed by atoms with Crippen molar-refractivity contribution in [1.82, 2.24) is 20.6 Å². The summed E-state index contributed by atoms with van der Waals surface area (Å²) < 4.78 is 5.86. The van der Waals surface area contributed by atoms with E-state index >= 15 is 0 Å². The Hall–Kier alpha value is -3.78. The Morgan fingerprint density at radius 2 is 1.72 bits per heavy atom. The highest BCUT2D eigenvalue weighted by Crippen LogP contribution is 2.35. The standard InChI is InChI=1S/C38H50ClN5O3/c1-3-4-5-6-7-8-9-10-11-16-36(43-37-30-14-12-13-15-34(30)42-35-23-28(39)17-19-31(35)37)44-38(46)47-29-18-20-33-32(24-29)27(25-41-33)21-22-40-26(2)45/h17-20,23-25,36,41H,3-16,21-22H2,1-2H3,(H,40,45)(H,42,43)(H,44,46). The Morgan fingerprint density at radius 3 is 2.51 bits per heavy atom. The molecular weight excluding hydrogens is 610 g/mol. The molecule has 47 heavy (non-hydrogen) atoms. The lowest BCUT2D eigenvalue weighted by atomic mass is 9.92. The van der Waals surface area contributed by atoms with Crippen LogP contribution in [0.5, 0.6) is 5.75 Å². The molecule has 252 valence electrons. The Labute approximate surface area is 283 Å². The number of pyridine rings is 1. The fourth-order valence-corrected chi connectivity index (χ4v) is 6.82. The van der Waals surface area contributed by atoms with Crippen molar-refractivity contribution >= 4 is 51.1 Å². The van der Waals surface area contributed by atoms with Crippen molar-refractivity contribution in [3.63, 3.8) is 0 Å². The average molecular weight is 660 g/mol. The van der Waals surface area contributed by atoms with E-state index in [0.29, 0.717) is 23.7 Å². The first-order chi connectivity index (χ1) is 22.9. The van der Waals surface area contributed by atoms with Crippen LogP contribution in [0.2, 0.25) is 5.02 Å². The number of rotatable bonds is 17. The van der Waals surface area contributed by atoms with Crippen LogP contribution in [0.15, 0.2) is 42.6 Å². The van der Waals surface area contributed by atoms with Crippen LogP contribution in [0.1, 0.15) is 108 Å². The first kappa shape index (κ1) is 34.6. The number of aromatic amines is 1. The van der Waals surface area contributed by atoms with Crippen molar-refractivity contribution in [3.8, 4) is 5.75 Å². The molecule has 4 aromatic rings. The summed E-state index contributed by atoms with van der Waals surface area (Å²) in [5.74, 6) is 0.416. The Balaban J connectivity index is 1.29. The lowest BCUT2D eigenvalue weighted by molar-refractivity contribution is -0.118. The van der Waals surface area contributed by atoms with Gasteiger partial charge in [-0.05, 0) is 92.5 Å². The Morgan fingerprint density at radius 1 is 0.957 bits per heavy atom. The molecule has 1 aliphatic rings. The largest absolute Gasteiger partial charge is 0.414 e. The van der Waals surface area contributed by atoms with Crippen molar-refractivity contribution in [3.05, 3.63) is 64.4 Å². The number of carbonyl (C=O) groups is 2. The molecule has 0 saturated carbocycles. The van der Waals surface area contributed by atoms with Gasteiger partial charge in [0, 0.05) is 46.7 Å². The fourth-order valence-electron chi connectivity index (χ4n) is 6.66. The third-order valence-corrected chi connectivity index (χ3v) is 9.38. The number of nitrogens with zero attached hydrogens (tertiary/aromatic N) is 1. The smallest absolute Gasteiger partial charge is 0.410 e. The summed E-state index contributed by atoms with van der Waals surface area (Å²) in [6.07, 6.45) is 17.9. The summed E-state index contributed by atoms with van der Waals surface area (Å²) in [6.45, 7) is 4.31. The summed E-state index contributed by atoms with van der Waals surface area (Å²) in [5, 5.41) is 12.4. The number of carbonyl (C=O) groups excluding carboxylic acids is 2. The van der Waals surface area contributed by atoms with Crippen molar-refractivity contribution in [2.75, 3.05) is 11.9 Å². The molecule has 9 heteroatoms. The number of halogens is 1. The number of hydrogen-bond donors (Lipinski definition) is 4. The second-order valence-electron chi connectivity index (χ2n) is 12.9. The summed E-state index contributed by atoms with van der Waals surface area (Å²) in [5.41, 5.74) is 6.28. The van der Waals surface area contributed by atoms with Gasteiger partial charge in [0.15, 0.2) is 0 Å². The molecular formula is C38H50ClN5O3. The number of H-pyrrole nitrogens is 1. The van der Waals surface area contributed by atoms with E-state index in [1.165, 1.54) is 57.4 Å². The van der Waals surface area contributed by atoms with Crippen molar-refractivity contribution in [2.45, 2.75) is 116 Å². The molecule has 0 aliphatic heterocycles. The third-order valence-electron chi connectivity index (χ3n) is 9.15. The van der Waals surface area contributed by atoms with Crippen LogP contribution < -0.4 is 20.7 Å². The van der Waals surface area contributed by atoms with Crippen molar-refractivity contribution in [2.24, 2.45) is 0 Å². The maximum atomic E-state index is 13.4. The van der Waals surface area contributed by atoms with Gasteiger partial charge in [-0.3, -0.25) is 9.78 Å². The molecule has 2 aromatic carbocycles. The molecule has 0 bridgehead atoms. The molecule has 0 spiro atoms. The molecule has 0 fully saturated rings. The monoisotopic (exact) mass is 659 g/mol. The van der Waals surface area contributed by atoms with Crippen molar-refractivity contribution in [1.29, 1.82) is 0 Å². The number of ether oxygens (including phenoxy) is 1. The molecule has 1 unspecified atom stereocenters. The van der Waals surface area contributed by atoms with Crippen LogP contribution in [-0.2, 0) is 24.1 Å². The number of aromatic nitrogens is 2. The van der Waals surface area contributed by atoms with E-state index in [1.54, 1.807) is 6.07 Å². The quantitative estimate of drug-likeness (QED) is 0.0667. The van der Waals surface area contributed by atoms with Crippen LogP contribution in [0.25, 0.3) is 21.8 Å². The zero-order valence-corrected chi connectivity index (χ0v) is 28.7. The third kappa shape index (κ3) is 9.86. The van der Waals surface area contributed by atoms with Gasteiger partial charge in [-0.1, -0.05) is 69.9 Å². The van der Waals surface area contributed by atoms with Gasteiger partial charge in [0.2, 0.25) is 5.91 Å². The lowest BCUT2D eigenvalue weighted by Crippen LogP contribution is -2.42. The zero-order chi connectivity index (χ0) is 33.0. The van der Waals surface area contributed by atoms with E-state index in [4.69, 9.17) is 21.3 Å². The van der Waals surface area contributed by atoms with Gasteiger partial charge < -0.3 is 25.7 Å². The fraction of sp³-hybridized carbons (Fsp3) is 0.500. The minimum atomic E-state index is -0.497. The van der Waals surface area contributed by atoms with Crippen LogP contribution in [0, 0.1) is 0 Å². The molecule has 1 aliphatic carbocycles. The lowest BCUT2D eigenvalue weighted by Gasteiger charge is -2.26.